The number of para-hydroxylation sites is 1. The van der Waals surface area contributed by atoms with Crippen LogP contribution in [0.25, 0.3) is 0 Å². The molecular weight excluding hydrogens is 388 g/mol. The largest absolute Gasteiger partial charge is 0.418 e. The number of benzene rings is 2. The molecule has 142 valence electrons. The van der Waals surface area contributed by atoms with Gasteiger partial charge in [0.05, 0.1) is 22.2 Å². The molecule has 0 radical (unpaired) electrons. The number of carbonyl (C=O) groups excluding carboxylic acids is 2. The zero-order chi connectivity index (χ0) is 19.8. The van der Waals surface area contributed by atoms with Gasteiger partial charge < -0.3 is 10.2 Å². The van der Waals surface area contributed by atoms with Crippen molar-refractivity contribution >= 4 is 34.8 Å². The summed E-state index contributed by atoms with van der Waals surface area (Å²) in [7, 11) is 0. The van der Waals surface area contributed by atoms with Crippen molar-refractivity contribution in [3.8, 4) is 0 Å². The Kier molecular flexibility index (Phi) is 5.10. The highest BCUT2D eigenvalue weighted by molar-refractivity contribution is 6.31. The van der Waals surface area contributed by atoms with Crippen molar-refractivity contribution in [3.63, 3.8) is 0 Å². The molecule has 4 nitrogen and oxygen atoms in total. The molecule has 0 aliphatic carbocycles. The Bertz CT molecular complexity index is 901. The number of nitrogens with one attached hydrogen (secondary N) is 1. The van der Waals surface area contributed by atoms with Crippen LogP contribution in [0.15, 0.2) is 42.5 Å². The molecule has 0 aromatic heterocycles. The molecule has 0 spiro atoms. The van der Waals surface area contributed by atoms with Gasteiger partial charge in [-0.2, -0.15) is 13.2 Å². The number of halogens is 5. The molecule has 2 amide bonds. The van der Waals surface area contributed by atoms with Crippen LogP contribution in [-0.2, 0) is 15.8 Å². The van der Waals surface area contributed by atoms with Crippen LogP contribution in [0.4, 0.5) is 28.9 Å². The smallest absolute Gasteiger partial charge is 0.325 e. The van der Waals surface area contributed by atoms with E-state index in [1.54, 1.807) is 0 Å². The van der Waals surface area contributed by atoms with E-state index in [0.29, 0.717) is 5.69 Å². The average molecular weight is 401 g/mol. The lowest BCUT2D eigenvalue weighted by atomic mass is 10.1. The molecule has 9 heteroatoms. The third kappa shape index (κ3) is 4.05. The molecule has 1 heterocycles. The summed E-state index contributed by atoms with van der Waals surface area (Å²) in [5, 5.41) is 2.07. The predicted molar refractivity (Wildman–Crippen MR) is 91.9 cm³/mol. The van der Waals surface area contributed by atoms with Crippen molar-refractivity contribution in [1.29, 1.82) is 0 Å². The maximum absolute atomic E-state index is 13.3. The third-order valence-corrected chi connectivity index (χ3v) is 4.49. The quantitative estimate of drug-likeness (QED) is 0.772. The Morgan fingerprint density at radius 2 is 1.89 bits per heavy atom. The van der Waals surface area contributed by atoms with E-state index in [2.05, 4.69) is 5.32 Å². The SMILES string of the molecule is O=C(Nc1ccccc1C(F)(F)F)C1CC(=O)N(c2ccc(F)c(Cl)c2)C1. The fourth-order valence-electron chi connectivity index (χ4n) is 2.86. The van der Waals surface area contributed by atoms with E-state index >= 15 is 0 Å². The van der Waals surface area contributed by atoms with Crippen LogP contribution in [0.5, 0.6) is 0 Å². The molecule has 1 fully saturated rings. The van der Waals surface area contributed by atoms with Gasteiger partial charge in [-0.05, 0) is 30.3 Å². The van der Waals surface area contributed by atoms with E-state index in [-0.39, 0.29) is 23.7 Å². The van der Waals surface area contributed by atoms with Crippen molar-refractivity contribution < 1.29 is 27.2 Å². The Hall–Kier alpha value is -2.61. The highest BCUT2D eigenvalue weighted by Crippen LogP contribution is 2.35. The highest BCUT2D eigenvalue weighted by atomic mass is 35.5. The molecule has 2 aromatic carbocycles. The fourth-order valence-corrected chi connectivity index (χ4v) is 3.03. The monoisotopic (exact) mass is 400 g/mol. The first-order valence-electron chi connectivity index (χ1n) is 7.89. The summed E-state index contributed by atoms with van der Waals surface area (Å²) in [5.74, 6) is -2.59. The Labute approximate surface area is 156 Å². The van der Waals surface area contributed by atoms with Gasteiger partial charge in [0.2, 0.25) is 11.8 Å². The van der Waals surface area contributed by atoms with E-state index in [9.17, 15) is 27.2 Å². The second kappa shape index (κ2) is 7.19. The summed E-state index contributed by atoms with van der Waals surface area (Å²) in [6.45, 7) is -0.0409. The van der Waals surface area contributed by atoms with Gasteiger partial charge in [0.25, 0.3) is 0 Å². The van der Waals surface area contributed by atoms with Crippen LogP contribution in [-0.4, -0.2) is 18.4 Å². The summed E-state index contributed by atoms with van der Waals surface area (Å²) < 4.78 is 52.4. The normalized spacial score (nSPS) is 17.3. The minimum Gasteiger partial charge on any atom is -0.325 e. The van der Waals surface area contributed by atoms with Crippen LogP contribution >= 0.6 is 11.6 Å². The highest BCUT2D eigenvalue weighted by Gasteiger charge is 2.37. The standard InChI is InChI=1S/C18H13ClF4N2O2/c19-13-8-11(5-6-14(13)20)25-9-10(7-16(25)26)17(27)24-15-4-2-1-3-12(15)18(21,22)23/h1-6,8,10H,7,9H2,(H,24,27). The molecule has 1 aliphatic rings. The molecule has 2 aromatic rings. The summed E-state index contributed by atoms with van der Waals surface area (Å²) in [6, 6.07) is 8.30. The maximum atomic E-state index is 13.3. The second-order valence-corrected chi connectivity index (χ2v) is 6.44. The summed E-state index contributed by atoms with van der Waals surface area (Å²) in [5.41, 5.74) is -1.02. The summed E-state index contributed by atoms with van der Waals surface area (Å²) in [6.07, 6.45) is -4.79. The van der Waals surface area contributed by atoms with Crippen LogP contribution < -0.4 is 10.2 Å². The average Bonchev–Trinajstić information content (AvgIpc) is 2.99. The van der Waals surface area contributed by atoms with Gasteiger partial charge in [-0.15, -0.1) is 0 Å². The van der Waals surface area contributed by atoms with Crippen molar-refractivity contribution in [2.45, 2.75) is 12.6 Å². The molecule has 0 saturated carbocycles. The first kappa shape index (κ1) is 19.2. The molecule has 3 rings (SSSR count). The van der Waals surface area contributed by atoms with E-state index < -0.39 is 35.3 Å². The van der Waals surface area contributed by atoms with E-state index in [1.165, 1.54) is 29.2 Å². The number of carbonyl (C=O) groups is 2. The van der Waals surface area contributed by atoms with Gasteiger partial charge in [0.1, 0.15) is 5.82 Å². The number of nitrogens with zero attached hydrogens (tertiary/aromatic N) is 1. The minimum absolute atomic E-state index is 0.0409. The maximum Gasteiger partial charge on any atom is 0.418 e. The molecule has 27 heavy (non-hydrogen) atoms. The number of amides is 2. The van der Waals surface area contributed by atoms with Gasteiger partial charge >= 0.3 is 6.18 Å². The number of rotatable bonds is 3. The molecule has 1 aliphatic heterocycles. The lowest BCUT2D eigenvalue weighted by Gasteiger charge is -2.18. The van der Waals surface area contributed by atoms with E-state index in [1.807, 2.05) is 0 Å². The van der Waals surface area contributed by atoms with Gasteiger partial charge in [0, 0.05) is 18.7 Å². The topological polar surface area (TPSA) is 49.4 Å². The first-order valence-corrected chi connectivity index (χ1v) is 8.27. The van der Waals surface area contributed by atoms with Crippen molar-refractivity contribution in [1.82, 2.24) is 0 Å². The Morgan fingerprint density at radius 3 is 2.56 bits per heavy atom. The van der Waals surface area contributed by atoms with Crippen molar-refractivity contribution in [2.24, 2.45) is 5.92 Å². The van der Waals surface area contributed by atoms with Gasteiger partial charge in [-0.1, -0.05) is 23.7 Å². The van der Waals surface area contributed by atoms with Crippen LogP contribution in [0.2, 0.25) is 5.02 Å². The van der Waals surface area contributed by atoms with E-state index in [0.717, 1.165) is 18.2 Å². The number of hydrogen-bond donors (Lipinski definition) is 1. The zero-order valence-electron chi connectivity index (χ0n) is 13.7. The van der Waals surface area contributed by atoms with Crippen molar-refractivity contribution in [3.05, 3.63) is 58.9 Å². The molecule has 1 unspecified atom stereocenters. The van der Waals surface area contributed by atoms with Gasteiger partial charge in [0.15, 0.2) is 0 Å². The van der Waals surface area contributed by atoms with Gasteiger partial charge in [-0.25, -0.2) is 4.39 Å². The second-order valence-electron chi connectivity index (χ2n) is 6.04. The number of alkyl halides is 3. The Morgan fingerprint density at radius 1 is 1.19 bits per heavy atom. The van der Waals surface area contributed by atoms with Gasteiger partial charge in [-0.3, -0.25) is 9.59 Å². The number of hydrogen-bond acceptors (Lipinski definition) is 2. The molecule has 0 bridgehead atoms. The first-order chi connectivity index (χ1) is 12.7. The number of anilines is 2. The zero-order valence-corrected chi connectivity index (χ0v) is 14.4. The van der Waals surface area contributed by atoms with E-state index in [4.69, 9.17) is 11.6 Å². The molecule has 1 atom stereocenters. The lowest BCUT2D eigenvalue weighted by molar-refractivity contribution is -0.137. The van der Waals surface area contributed by atoms with Crippen LogP contribution in [0.3, 0.4) is 0 Å². The van der Waals surface area contributed by atoms with Crippen LogP contribution in [0, 0.1) is 11.7 Å². The molecule has 1 saturated heterocycles. The fraction of sp³-hybridized carbons (Fsp3) is 0.222. The minimum atomic E-state index is -4.62. The molecule has 1 N–H and O–H groups in total. The van der Waals surface area contributed by atoms with Crippen LogP contribution in [0.1, 0.15) is 12.0 Å². The predicted octanol–water partition coefficient (Wildman–Crippen LogP) is 4.49. The Balaban J connectivity index is 1.76. The lowest BCUT2D eigenvalue weighted by Crippen LogP contribution is -2.28. The third-order valence-electron chi connectivity index (χ3n) is 4.20. The van der Waals surface area contributed by atoms with Crippen molar-refractivity contribution in [2.75, 3.05) is 16.8 Å². The summed E-state index contributed by atoms with van der Waals surface area (Å²) >= 11 is 5.71. The summed E-state index contributed by atoms with van der Waals surface area (Å²) in [4.78, 5) is 25.8. The molecular formula is C18H13ClF4N2O2.